The molecule has 6 atom stereocenters. The van der Waals surface area contributed by atoms with E-state index >= 15 is 0 Å². The number of carbonyl (C=O) groups is 4. The van der Waals surface area contributed by atoms with E-state index < -0.39 is 69.7 Å². The van der Waals surface area contributed by atoms with Crippen LogP contribution in [-0.2, 0) is 23.9 Å². The number of carboxylic acid groups (broad SMARTS) is 1. The molecule has 1 saturated carbocycles. The van der Waals surface area contributed by atoms with Crippen LogP contribution in [0.25, 0.3) is 0 Å². The van der Waals surface area contributed by atoms with Crippen LogP contribution in [0.4, 0.5) is 4.79 Å². The van der Waals surface area contributed by atoms with Gasteiger partial charge in [0.15, 0.2) is 6.04 Å². The lowest BCUT2D eigenvalue weighted by molar-refractivity contribution is -0.153. The van der Waals surface area contributed by atoms with Gasteiger partial charge in [-0.15, -0.1) is 0 Å². The van der Waals surface area contributed by atoms with Gasteiger partial charge in [-0.25, -0.2) is 9.59 Å². The summed E-state index contributed by atoms with van der Waals surface area (Å²) < 4.78 is 11.9. The summed E-state index contributed by atoms with van der Waals surface area (Å²) >= 11 is 0. The number of carboxylic acids is 1. The quantitative estimate of drug-likeness (QED) is 0.430. The molecule has 3 amide bonds. The number of allylic oxidation sites excluding steroid dienone is 2. The maximum atomic E-state index is 13.8. The lowest BCUT2D eigenvalue weighted by atomic mass is 9.71. The first-order valence-electron chi connectivity index (χ1n) is 14.3. The maximum absolute atomic E-state index is 13.8. The van der Waals surface area contributed by atoms with Crippen molar-refractivity contribution in [1.29, 1.82) is 0 Å². The molecule has 0 radical (unpaired) electrons. The van der Waals surface area contributed by atoms with E-state index in [2.05, 4.69) is 11.4 Å². The Hall–Kier alpha value is -2.66. The molecule has 222 valence electrons. The molecule has 4 saturated heterocycles. The maximum Gasteiger partial charge on any atom is 0.410 e. The van der Waals surface area contributed by atoms with Crippen molar-refractivity contribution in [1.82, 2.24) is 15.1 Å². The van der Waals surface area contributed by atoms with Gasteiger partial charge in [0.2, 0.25) is 11.8 Å². The van der Waals surface area contributed by atoms with Crippen molar-refractivity contribution in [2.45, 2.75) is 71.6 Å². The second-order valence-electron chi connectivity index (χ2n) is 14.3. The summed E-state index contributed by atoms with van der Waals surface area (Å²) in [4.78, 5) is 56.4. The smallest absolute Gasteiger partial charge is 0.410 e. The Labute approximate surface area is 235 Å². The van der Waals surface area contributed by atoms with Crippen molar-refractivity contribution < 1.29 is 38.9 Å². The number of ether oxygens (including phenoxy) is 2. The van der Waals surface area contributed by atoms with E-state index in [1.165, 1.54) is 4.90 Å². The van der Waals surface area contributed by atoms with E-state index in [4.69, 9.17) is 9.47 Å². The first kappa shape index (κ1) is 28.9. The number of hydrogen-bond donors (Lipinski definition) is 3. The van der Waals surface area contributed by atoms with Crippen molar-refractivity contribution in [2.24, 2.45) is 34.0 Å². The van der Waals surface area contributed by atoms with E-state index in [1.54, 1.807) is 25.7 Å². The second kappa shape index (κ2) is 9.72. The van der Waals surface area contributed by atoms with Gasteiger partial charge in [0.05, 0.1) is 25.2 Å². The Morgan fingerprint density at radius 1 is 1.15 bits per heavy atom. The molecule has 2 aliphatic carbocycles. The number of nitrogens with one attached hydrogen (secondary N) is 1. The zero-order valence-electron chi connectivity index (χ0n) is 24.1. The summed E-state index contributed by atoms with van der Waals surface area (Å²) in [5, 5.41) is 23.3. The van der Waals surface area contributed by atoms with E-state index in [0.29, 0.717) is 25.9 Å². The second-order valence-corrected chi connectivity index (χ2v) is 14.3. The van der Waals surface area contributed by atoms with E-state index in [-0.39, 0.29) is 32.2 Å². The van der Waals surface area contributed by atoms with Gasteiger partial charge in [-0.2, -0.15) is 0 Å². The highest BCUT2D eigenvalue weighted by atomic mass is 16.6. The van der Waals surface area contributed by atoms with Gasteiger partial charge in [0.25, 0.3) is 0 Å². The molecule has 4 aliphatic heterocycles. The van der Waals surface area contributed by atoms with Crippen LogP contribution in [0.15, 0.2) is 12.2 Å². The summed E-state index contributed by atoms with van der Waals surface area (Å²) in [5.74, 6) is -3.33. The van der Waals surface area contributed by atoms with Crippen LogP contribution in [-0.4, -0.2) is 101 Å². The molecule has 2 bridgehead atoms. The third-order valence-corrected chi connectivity index (χ3v) is 9.84. The summed E-state index contributed by atoms with van der Waals surface area (Å²) in [7, 11) is 0. The largest absolute Gasteiger partial charge is 0.480 e. The van der Waals surface area contributed by atoms with Crippen LogP contribution in [0.2, 0.25) is 0 Å². The standard InChI is InChI=1S/C29H43N3O8/c1-26(2,3)40-25(38)31-11-17-22(34)30-20(24(36)37)21(39-16-28(15-33)9-7-6-8-10-28)18-19(27(18,4)5)23(35)32-13-29(17,12-31)14-32/h6-7,17-21,33H,8-16H2,1-5H3,(H,30,34)(H,36,37)/t17-,18?,19+,20-,21+,28?/m0/s1. The topological polar surface area (TPSA) is 146 Å². The number of aliphatic carboxylic acids is 1. The lowest BCUT2D eigenvalue weighted by Crippen LogP contribution is -2.65. The molecule has 4 heterocycles. The molecule has 0 aromatic carbocycles. The van der Waals surface area contributed by atoms with Gasteiger partial charge >= 0.3 is 12.1 Å². The number of fused-ring (bicyclic) bond motifs is 3. The fraction of sp³-hybridized carbons (Fsp3) is 0.793. The van der Waals surface area contributed by atoms with Crippen LogP contribution in [0, 0.1) is 34.0 Å². The Kier molecular flexibility index (Phi) is 7.01. The minimum Gasteiger partial charge on any atom is -0.480 e. The van der Waals surface area contributed by atoms with Crippen molar-refractivity contribution >= 4 is 23.9 Å². The van der Waals surface area contributed by atoms with Gasteiger partial charge in [-0.1, -0.05) is 26.0 Å². The van der Waals surface area contributed by atoms with Crippen molar-refractivity contribution in [3.05, 3.63) is 12.2 Å². The summed E-state index contributed by atoms with van der Waals surface area (Å²) in [6, 6.07) is -1.39. The predicted octanol–water partition coefficient (Wildman–Crippen LogP) is 1.64. The van der Waals surface area contributed by atoms with Gasteiger partial charge in [-0.3, -0.25) is 9.59 Å². The van der Waals surface area contributed by atoms with Gasteiger partial charge in [0, 0.05) is 48.8 Å². The highest BCUT2D eigenvalue weighted by Gasteiger charge is 2.70. The molecule has 6 rings (SSSR count). The van der Waals surface area contributed by atoms with Crippen molar-refractivity contribution in [3.63, 3.8) is 0 Å². The number of hydrogen-bond acceptors (Lipinski definition) is 7. The number of rotatable bonds is 5. The minimum absolute atomic E-state index is 0.0698. The van der Waals surface area contributed by atoms with Gasteiger partial charge in [0.1, 0.15) is 5.60 Å². The number of likely N-dealkylation sites (tertiary alicyclic amines) is 1. The third kappa shape index (κ3) is 4.89. The fourth-order valence-corrected chi connectivity index (χ4v) is 7.43. The highest BCUT2D eigenvalue weighted by molar-refractivity contribution is 5.90. The molecule has 1 spiro atoms. The van der Waals surface area contributed by atoms with Crippen LogP contribution in [0.5, 0.6) is 0 Å². The summed E-state index contributed by atoms with van der Waals surface area (Å²) in [6.45, 7) is 10.2. The molecular weight excluding hydrogens is 518 g/mol. The molecule has 0 aromatic rings. The zero-order valence-corrected chi connectivity index (χ0v) is 24.1. The molecule has 5 fully saturated rings. The van der Waals surface area contributed by atoms with Gasteiger partial charge in [-0.05, 0) is 45.4 Å². The SMILES string of the molecule is CC(C)(C)OC(=O)N1C[C@H]2C(=O)N[C@H](C(=O)O)[C@H](OCC3(CO)CC=CCC3)C3[C@H](C(=O)N4CC2(C1)C4)C3(C)C. The van der Waals surface area contributed by atoms with E-state index in [9.17, 15) is 29.4 Å². The number of aliphatic hydroxyl groups is 1. The molecule has 3 N–H and O–H groups in total. The fourth-order valence-electron chi connectivity index (χ4n) is 7.43. The molecule has 11 heteroatoms. The Morgan fingerprint density at radius 3 is 2.42 bits per heavy atom. The number of nitrogens with zero attached hydrogens (tertiary/aromatic N) is 2. The molecule has 11 nitrogen and oxygen atoms in total. The summed E-state index contributed by atoms with van der Waals surface area (Å²) in [5.41, 5.74) is -2.44. The molecule has 0 aromatic heterocycles. The normalized spacial score (nSPS) is 36.0. The molecular formula is C29H43N3O8. The van der Waals surface area contributed by atoms with Crippen molar-refractivity contribution in [2.75, 3.05) is 39.4 Å². The molecule has 2 unspecified atom stereocenters. The zero-order chi connectivity index (χ0) is 29.3. The Balaban J connectivity index is 1.44. The van der Waals surface area contributed by atoms with Crippen LogP contribution >= 0.6 is 0 Å². The minimum atomic E-state index is -1.39. The van der Waals surface area contributed by atoms with Crippen LogP contribution < -0.4 is 5.32 Å². The number of aliphatic hydroxyl groups excluding tert-OH is 1. The number of carbonyl (C=O) groups excluding carboxylic acids is 3. The predicted molar refractivity (Wildman–Crippen MR) is 143 cm³/mol. The van der Waals surface area contributed by atoms with Crippen LogP contribution in [0.1, 0.15) is 53.9 Å². The molecule has 40 heavy (non-hydrogen) atoms. The van der Waals surface area contributed by atoms with Gasteiger partial charge < -0.3 is 34.8 Å². The molecule has 6 aliphatic rings. The lowest BCUT2D eigenvalue weighted by Gasteiger charge is -2.50. The third-order valence-electron chi connectivity index (χ3n) is 9.84. The Bertz CT molecular complexity index is 1110. The number of amides is 3. The monoisotopic (exact) mass is 561 g/mol. The van der Waals surface area contributed by atoms with Crippen molar-refractivity contribution in [3.8, 4) is 0 Å². The Morgan fingerprint density at radius 2 is 1.85 bits per heavy atom. The average Bonchev–Trinajstić information content (AvgIpc) is 3.20. The van der Waals surface area contributed by atoms with Crippen LogP contribution in [0.3, 0.4) is 0 Å². The highest BCUT2D eigenvalue weighted by Crippen LogP contribution is 2.63. The van der Waals surface area contributed by atoms with E-state index in [0.717, 1.165) is 6.42 Å². The first-order chi connectivity index (χ1) is 18.6. The summed E-state index contributed by atoms with van der Waals surface area (Å²) in [6.07, 6.45) is 4.65. The first-order valence-corrected chi connectivity index (χ1v) is 14.3. The average molecular weight is 562 g/mol. The van der Waals surface area contributed by atoms with E-state index in [1.807, 2.05) is 19.9 Å².